The lowest BCUT2D eigenvalue weighted by molar-refractivity contribution is -0.131. The molecule has 0 amide bonds. The Morgan fingerprint density at radius 3 is 2.09 bits per heavy atom. The van der Waals surface area contributed by atoms with Crippen LogP contribution in [0, 0.1) is 0 Å². The Morgan fingerprint density at radius 2 is 1.55 bits per heavy atom. The zero-order valence-corrected chi connectivity index (χ0v) is 12.2. The predicted molar refractivity (Wildman–Crippen MR) is 87.5 cm³/mol. The summed E-state index contributed by atoms with van der Waals surface area (Å²) in [6.45, 7) is 1.84. The summed E-state index contributed by atoms with van der Waals surface area (Å²) in [5, 5.41) is 8.60. The van der Waals surface area contributed by atoms with E-state index in [1.165, 1.54) is 6.08 Å². The van der Waals surface area contributed by atoms with Gasteiger partial charge in [0.2, 0.25) is 0 Å². The maximum absolute atomic E-state index is 12.6. The number of carbonyl (C=O) groups excluding carboxylic acids is 1. The molecule has 0 radical (unpaired) electrons. The number of benzene rings is 2. The summed E-state index contributed by atoms with van der Waals surface area (Å²) in [6, 6.07) is 16.4. The normalized spacial score (nSPS) is 11.6. The summed E-state index contributed by atoms with van der Waals surface area (Å²) in [6.07, 6.45) is 4.36. The Morgan fingerprint density at radius 1 is 0.909 bits per heavy atom. The first-order chi connectivity index (χ1) is 10.6. The molecular formula is C19H16O3. The van der Waals surface area contributed by atoms with Crippen LogP contribution in [0.15, 0.2) is 66.7 Å². The Kier molecular flexibility index (Phi) is 5.04. The number of carbonyl (C=O) groups is 2. The summed E-state index contributed by atoms with van der Waals surface area (Å²) in [5.41, 5.74) is 2.84. The average Bonchev–Trinajstić information content (AvgIpc) is 2.55. The minimum atomic E-state index is -1.000. The molecule has 0 saturated carbocycles. The number of carboxylic acids is 1. The lowest BCUT2D eigenvalue weighted by atomic mass is 9.96. The highest BCUT2D eigenvalue weighted by Crippen LogP contribution is 2.20. The summed E-state index contributed by atoms with van der Waals surface area (Å²) in [5.74, 6) is -1.05. The third kappa shape index (κ3) is 3.79. The Balaban J connectivity index is 2.24. The maximum atomic E-state index is 12.6. The lowest BCUT2D eigenvalue weighted by Crippen LogP contribution is -2.02. The number of Topliss-reactive ketones (excluding diaryl/α,β-unsaturated/α-hetero) is 1. The van der Waals surface area contributed by atoms with Crippen molar-refractivity contribution in [3.63, 3.8) is 0 Å². The van der Waals surface area contributed by atoms with Crippen molar-refractivity contribution in [3.8, 4) is 0 Å². The molecule has 22 heavy (non-hydrogen) atoms. The van der Waals surface area contributed by atoms with Crippen molar-refractivity contribution < 1.29 is 14.7 Å². The van der Waals surface area contributed by atoms with Crippen LogP contribution >= 0.6 is 0 Å². The van der Waals surface area contributed by atoms with Crippen LogP contribution in [0.2, 0.25) is 0 Å². The van der Waals surface area contributed by atoms with Crippen LogP contribution in [0.3, 0.4) is 0 Å². The van der Waals surface area contributed by atoms with Crippen LogP contribution in [0.1, 0.15) is 28.4 Å². The molecule has 0 saturated heterocycles. The highest BCUT2D eigenvalue weighted by Gasteiger charge is 2.12. The quantitative estimate of drug-likeness (QED) is 0.667. The number of hydrogen-bond acceptors (Lipinski definition) is 2. The first-order valence-electron chi connectivity index (χ1n) is 6.89. The SMILES string of the molecule is C/C=C(/C(=O)c1ccc(/C=C/C(=O)O)cc1)c1ccccc1. The van der Waals surface area contributed by atoms with Crippen LogP contribution in [0.25, 0.3) is 11.6 Å². The molecule has 0 bridgehead atoms. The van der Waals surface area contributed by atoms with Gasteiger partial charge in [0.1, 0.15) is 0 Å². The number of allylic oxidation sites excluding steroid dienone is 2. The van der Waals surface area contributed by atoms with E-state index in [-0.39, 0.29) is 5.78 Å². The molecule has 3 heteroatoms. The van der Waals surface area contributed by atoms with Crippen molar-refractivity contribution in [2.75, 3.05) is 0 Å². The maximum Gasteiger partial charge on any atom is 0.328 e. The molecule has 2 aromatic rings. The fraction of sp³-hybridized carbons (Fsp3) is 0.0526. The van der Waals surface area contributed by atoms with E-state index in [1.807, 2.05) is 37.3 Å². The van der Waals surface area contributed by atoms with Crippen LogP contribution in [-0.4, -0.2) is 16.9 Å². The molecule has 0 unspecified atom stereocenters. The Bertz CT molecular complexity index is 723. The Hall–Kier alpha value is -2.94. The second-order valence-electron chi connectivity index (χ2n) is 4.69. The van der Waals surface area contributed by atoms with Gasteiger partial charge in [-0.3, -0.25) is 4.79 Å². The van der Waals surface area contributed by atoms with Gasteiger partial charge in [0.15, 0.2) is 5.78 Å². The second kappa shape index (κ2) is 7.18. The van der Waals surface area contributed by atoms with Crippen molar-refractivity contribution >= 4 is 23.4 Å². The lowest BCUT2D eigenvalue weighted by Gasteiger charge is -2.07. The fourth-order valence-electron chi connectivity index (χ4n) is 2.12. The van der Waals surface area contributed by atoms with Crippen molar-refractivity contribution in [1.82, 2.24) is 0 Å². The van der Waals surface area contributed by atoms with Gasteiger partial charge in [0, 0.05) is 17.2 Å². The molecule has 0 aliphatic carbocycles. The number of hydrogen-bond donors (Lipinski definition) is 1. The van der Waals surface area contributed by atoms with Crippen LogP contribution in [0.4, 0.5) is 0 Å². The van der Waals surface area contributed by atoms with E-state index >= 15 is 0 Å². The predicted octanol–water partition coefficient (Wildman–Crippen LogP) is 4.07. The molecule has 1 N–H and O–H groups in total. The Labute approximate surface area is 129 Å². The van der Waals surface area contributed by atoms with Crippen molar-refractivity contribution in [1.29, 1.82) is 0 Å². The van der Waals surface area contributed by atoms with Crippen molar-refractivity contribution in [2.24, 2.45) is 0 Å². The van der Waals surface area contributed by atoms with E-state index in [9.17, 15) is 9.59 Å². The first kappa shape index (κ1) is 15.4. The van der Waals surface area contributed by atoms with Gasteiger partial charge < -0.3 is 5.11 Å². The van der Waals surface area contributed by atoms with Gasteiger partial charge in [-0.05, 0) is 24.1 Å². The largest absolute Gasteiger partial charge is 0.478 e. The van der Waals surface area contributed by atoms with Crippen molar-refractivity contribution in [2.45, 2.75) is 6.92 Å². The molecular weight excluding hydrogens is 276 g/mol. The standard InChI is InChI=1S/C19H16O3/c1-2-17(15-6-4-3-5-7-15)19(22)16-11-8-14(9-12-16)10-13-18(20)21/h2-13H,1H3,(H,20,21)/b13-10+,17-2+. The molecule has 3 nitrogen and oxygen atoms in total. The fourth-order valence-corrected chi connectivity index (χ4v) is 2.12. The molecule has 0 aliphatic rings. The summed E-state index contributed by atoms with van der Waals surface area (Å²) in [7, 11) is 0. The van der Waals surface area contributed by atoms with Crippen LogP contribution in [-0.2, 0) is 4.79 Å². The third-order valence-corrected chi connectivity index (χ3v) is 3.21. The van der Waals surface area contributed by atoms with E-state index in [1.54, 1.807) is 30.3 Å². The average molecular weight is 292 g/mol. The van der Waals surface area contributed by atoms with Crippen LogP contribution < -0.4 is 0 Å². The minimum Gasteiger partial charge on any atom is -0.478 e. The van der Waals surface area contributed by atoms with Gasteiger partial charge in [-0.15, -0.1) is 0 Å². The molecule has 2 aromatic carbocycles. The van der Waals surface area contributed by atoms with Gasteiger partial charge >= 0.3 is 5.97 Å². The zero-order valence-electron chi connectivity index (χ0n) is 12.2. The van der Waals surface area contributed by atoms with Gasteiger partial charge in [-0.2, -0.15) is 0 Å². The smallest absolute Gasteiger partial charge is 0.328 e. The van der Waals surface area contributed by atoms with Crippen molar-refractivity contribution in [3.05, 3.63) is 83.4 Å². The summed E-state index contributed by atoms with van der Waals surface area (Å²) < 4.78 is 0. The summed E-state index contributed by atoms with van der Waals surface area (Å²) >= 11 is 0. The van der Waals surface area contributed by atoms with Gasteiger partial charge in [-0.1, -0.05) is 60.7 Å². The second-order valence-corrected chi connectivity index (χ2v) is 4.69. The monoisotopic (exact) mass is 292 g/mol. The van der Waals surface area contributed by atoms with E-state index in [4.69, 9.17) is 5.11 Å². The van der Waals surface area contributed by atoms with E-state index in [0.717, 1.165) is 17.2 Å². The molecule has 0 fully saturated rings. The molecule has 0 atom stereocenters. The van der Waals surface area contributed by atoms with E-state index < -0.39 is 5.97 Å². The highest BCUT2D eigenvalue weighted by molar-refractivity contribution is 6.28. The first-order valence-corrected chi connectivity index (χ1v) is 6.89. The highest BCUT2D eigenvalue weighted by atomic mass is 16.4. The number of carboxylic acid groups (broad SMARTS) is 1. The molecule has 110 valence electrons. The topological polar surface area (TPSA) is 54.4 Å². The molecule has 0 heterocycles. The molecule has 0 aromatic heterocycles. The zero-order chi connectivity index (χ0) is 15.9. The van der Waals surface area contributed by atoms with Gasteiger partial charge in [-0.25, -0.2) is 4.79 Å². The molecule has 0 aliphatic heterocycles. The van der Waals surface area contributed by atoms with E-state index in [0.29, 0.717) is 11.1 Å². The number of rotatable bonds is 5. The van der Waals surface area contributed by atoms with E-state index in [2.05, 4.69) is 0 Å². The molecule has 2 rings (SSSR count). The van der Waals surface area contributed by atoms with Crippen LogP contribution in [0.5, 0.6) is 0 Å². The number of ketones is 1. The minimum absolute atomic E-state index is 0.0533. The molecule has 0 spiro atoms. The third-order valence-electron chi connectivity index (χ3n) is 3.21. The van der Waals surface area contributed by atoms with Gasteiger partial charge in [0.25, 0.3) is 0 Å². The summed E-state index contributed by atoms with van der Waals surface area (Å²) in [4.78, 5) is 23.1. The van der Waals surface area contributed by atoms with Gasteiger partial charge in [0.05, 0.1) is 0 Å². The number of aliphatic carboxylic acids is 1.